The van der Waals surface area contributed by atoms with Crippen molar-refractivity contribution < 1.29 is 5.11 Å². The molecule has 0 aromatic carbocycles. The van der Waals surface area contributed by atoms with Gasteiger partial charge in [0.2, 0.25) is 0 Å². The molecule has 0 unspecified atom stereocenters. The van der Waals surface area contributed by atoms with Gasteiger partial charge in [-0.2, -0.15) is 0 Å². The second-order valence-electron chi connectivity index (χ2n) is 2.08. The normalized spacial score (nSPS) is 13.4. The van der Waals surface area contributed by atoms with Gasteiger partial charge in [0.15, 0.2) is 0 Å². The zero-order valence-electron chi connectivity index (χ0n) is 6.39. The number of hydrogen-bond acceptors (Lipinski definition) is 2. The summed E-state index contributed by atoms with van der Waals surface area (Å²) in [5.74, 6) is 0.242. The van der Waals surface area contributed by atoms with Gasteiger partial charge >= 0.3 is 0 Å². The number of aliphatic hydroxyl groups excluding tert-OH is 1. The van der Waals surface area contributed by atoms with Crippen molar-refractivity contribution in [3.05, 3.63) is 35.8 Å². The summed E-state index contributed by atoms with van der Waals surface area (Å²) in [6.45, 7) is 7.00. The van der Waals surface area contributed by atoms with Crippen LogP contribution in [0.4, 0.5) is 0 Å². The molecule has 2 nitrogen and oxygen atoms in total. The first-order chi connectivity index (χ1) is 4.57. The lowest BCUT2D eigenvalue weighted by Gasteiger charge is -1.97. The van der Waals surface area contributed by atoms with Gasteiger partial charge in [-0.05, 0) is 31.6 Å². The highest BCUT2D eigenvalue weighted by Gasteiger charge is 1.92. The molecule has 0 spiro atoms. The van der Waals surface area contributed by atoms with E-state index < -0.39 is 0 Å². The fourth-order valence-corrected chi connectivity index (χ4v) is 0.580. The van der Waals surface area contributed by atoms with Crippen molar-refractivity contribution in [1.29, 1.82) is 0 Å². The van der Waals surface area contributed by atoms with E-state index in [0.29, 0.717) is 5.70 Å². The minimum Gasteiger partial charge on any atom is -0.508 e. The fourth-order valence-electron chi connectivity index (χ4n) is 0.580. The van der Waals surface area contributed by atoms with E-state index in [-0.39, 0.29) is 5.76 Å². The van der Waals surface area contributed by atoms with Gasteiger partial charge in [-0.25, -0.2) is 0 Å². The molecule has 0 aromatic heterocycles. The van der Waals surface area contributed by atoms with E-state index in [1.54, 1.807) is 26.0 Å². The zero-order chi connectivity index (χ0) is 8.15. The second-order valence-corrected chi connectivity index (χ2v) is 2.08. The van der Waals surface area contributed by atoms with Crippen molar-refractivity contribution in [1.82, 2.24) is 0 Å². The maximum absolute atomic E-state index is 9.07. The van der Waals surface area contributed by atoms with Gasteiger partial charge in [0, 0.05) is 5.70 Å². The van der Waals surface area contributed by atoms with Gasteiger partial charge < -0.3 is 10.8 Å². The first kappa shape index (κ1) is 8.82. The van der Waals surface area contributed by atoms with Gasteiger partial charge in [0.25, 0.3) is 0 Å². The molecule has 0 aromatic rings. The summed E-state index contributed by atoms with van der Waals surface area (Å²) >= 11 is 0. The van der Waals surface area contributed by atoms with Gasteiger partial charge in [0.05, 0.1) is 0 Å². The number of rotatable bonds is 2. The maximum atomic E-state index is 9.07. The molecule has 10 heavy (non-hydrogen) atoms. The Morgan fingerprint density at radius 3 is 2.40 bits per heavy atom. The summed E-state index contributed by atoms with van der Waals surface area (Å²) < 4.78 is 0. The Kier molecular flexibility index (Phi) is 3.33. The van der Waals surface area contributed by atoms with Crippen LogP contribution in [0.1, 0.15) is 13.8 Å². The molecule has 0 amide bonds. The van der Waals surface area contributed by atoms with Crippen LogP contribution in [0.2, 0.25) is 0 Å². The van der Waals surface area contributed by atoms with Crippen molar-refractivity contribution in [3.63, 3.8) is 0 Å². The molecule has 2 heteroatoms. The average Bonchev–Trinajstić information content (AvgIpc) is 1.85. The van der Waals surface area contributed by atoms with Gasteiger partial charge in [-0.1, -0.05) is 6.58 Å². The van der Waals surface area contributed by atoms with Crippen LogP contribution in [0.3, 0.4) is 0 Å². The third-order valence-corrected chi connectivity index (χ3v) is 1.08. The van der Waals surface area contributed by atoms with E-state index in [1.165, 1.54) is 0 Å². The summed E-state index contributed by atoms with van der Waals surface area (Å²) in [6.07, 6.45) is 3.23. The van der Waals surface area contributed by atoms with Crippen LogP contribution < -0.4 is 5.73 Å². The molecule has 0 aliphatic carbocycles. The van der Waals surface area contributed by atoms with Crippen LogP contribution in [0.25, 0.3) is 0 Å². The Morgan fingerprint density at radius 1 is 1.60 bits per heavy atom. The van der Waals surface area contributed by atoms with E-state index in [1.807, 2.05) is 0 Å². The Morgan fingerprint density at radius 2 is 2.10 bits per heavy atom. The van der Waals surface area contributed by atoms with Crippen LogP contribution in [0, 0.1) is 0 Å². The minimum absolute atomic E-state index is 0.242. The van der Waals surface area contributed by atoms with Gasteiger partial charge in [0.1, 0.15) is 5.76 Å². The molecule has 0 atom stereocenters. The highest BCUT2D eigenvalue weighted by atomic mass is 16.3. The fraction of sp³-hybridized carbons (Fsp3) is 0.250. The zero-order valence-corrected chi connectivity index (χ0v) is 6.39. The van der Waals surface area contributed by atoms with E-state index in [4.69, 9.17) is 10.8 Å². The SMILES string of the molecule is C=C(N)/C=C(C)\C(O)=C/C. The third kappa shape index (κ3) is 2.97. The van der Waals surface area contributed by atoms with Crippen molar-refractivity contribution in [3.8, 4) is 0 Å². The van der Waals surface area contributed by atoms with E-state index in [9.17, 15) is 0 Å². The van der Waals surface area contributed by atoms with Crippen LogP contribution >= 0.6 is 0 Å². The molecule has 0 rings (SSSR count). The highest BCUT2D eigenvalue weighted by molar-refractivity contribution is 5.28. The summed E-state index contributed by atoms with van der Waals surface area (Å²) in [6, 6.07) is 0. The quantitative estimate of drug-likeness (QED) is 0.453. The first-order valence-corrected chi connectivity index (χ1v) is 3.06. The highest BCUT2D eigenvalue weighted by Crippen LogP contribution is 2.05. The second kappa shape index (κ2) is 3.77. The molecule has 0 saturated carbocycles. The third-order valence-electron chi connectivity index (χ3n) is 1.08. The van der Waals surface area contributed by atoms with E-state index in [0.717, 1.165) is 5.57 Å². The Bertz CT molecular complexity index is 189. The Balaban J connectivity index is 4.35. The van der Waals surface area contributed by atoms with Gasteiger partial charge in [-0.15, -0.1) is 0 Å². The summed E-state index contributed by atoms with van der Waals surface area (Å²) in [5, 5.41) is 9.07. The van der Waals surface area contributed by atoms with Crippen LogP contribution in [-0.4, -0.2) is 5.11 Å². The van der Waals surface area contributed by atoms with E-state index in [2.05, 4.69) is 6.58 Å². The number of allylic oxidation sites excluding steroid dienone is 3. The minimum atomic E-state index is 0.242. The molecular weight excluding hydrogens is 126 g/mol. The molecule has 0 aliphatic rings. The molecule has 0 aliphatic heterocycles. The monoisotopic (exact) mass is 139 g/mol. The van der Waals surface area contributed by atoms with Crippen LogP contribution in [0.15, 0.2) is 35.8 Å². The van der Waals surface area contributed by atoms with Gasteiger partial charge in [-0.3, -0.25) is 0 Å². The summed E-state index contributed by atoms with van der Waals surface area (Å²) in [5.41, 5.74) is 6.46. The maximum Gasteiger partial charge on any atom is 0.114 e. The lowest BCUT2D eigenvalue weighted by molar-refractivity contribution is 0.422. The standard InChI is InChI=1S/C8H13NO/c1-4-8(10)6(2)5-7(3)9/h4-5,10H,3,9H2,1-2H3/b6-5-,8-4+. The molecule has 0 bridgehead atoms. The molecule has 0 radical (unpaired) electrons. The molecular formula is C8H13NO. The van der Waals surface area contributed by atoms with Crippen molar-refractivity contribution >= 4 is 0 Å². The predicted molar refractivity (Wildman–Crippen MR) is 43.5 cm³/mol. The van der Waals surface area contributed by atoms with Crippen molar-refractivity contribution in [2.45, 2.75) is 13.8 Å². The molecule has 0 heterocycles. The molecule has 56 valence electrons. The summed E-state index contributed by atoms with van der Waals surface area (Å²) in [7, 11) is 0. The lowest BCUT2D eigenvalue weighted by Crippen LogP contribution is -1.92. The number of hydrogen-bond donors (Lipinski definition) is 2. The van der Waals surface area contributed by atoms with Crippen LogP contribution in [-0.2, 0) is 0 Å². The topological polar surface area (TPSA) is 46.2 Å². The number of aliphatic hydroxyl groups is 1. The Hall–Kier alpha value is -1.18. The largest absolute Gasteiger partial charge is 0.508 e. The number of nitrogens with two attached hydrogens (primary N) is 1. The predicted octanol–water partition coefficient (Wildman–Crippen LogP) is 1.87. The molecule has 0 fully saturated rings. The summed E-state index contributed by atoms with van der Waals surface area (Å²) in [4.78, 5) is 0. The average molecular weight is 139 g/mol. The lowest BCUT2D eigenvalue weighted by atomic mass is 10.2. The van der Waals surface area contributed by atoms with Crippen LogP contribution in [0.5, 0.6) is 0 Å². The molecule has 3 N–H and O–H groups in total. The van der Waals surface area contributed by atoms with E-state index >= 15 is 0 Å². The smallest absolute Gasteiger partial charge is 0.114 e. The first-order valence-electron chi connectivity index (χ1n) is 3.06. The molecule has 0 saturated heterocycles. The van der Waals surface area contributed by atoms with Crippen molar-refractivity contribution in [2.75, 3.05) is 0 Å². The van der Waals surface area contributed by atoms with Crippen molar-refractivity contribution in [2.24, 2.45) is 5.73 Å². The Labute approximate surface area is 61.4 Å².